The molecule has 0 bridgehead atoms. The van der Waals surface area contributed by atoms with E-state index in [0.717, 1.165) is 0 Å². The maximum atomic E-state index is 15.5. The largest absolute Gasteiger partial charge is 0.443 e. The van der Waals surface area contributed by atoms with Gasteiger partial charge in [-0.15, -0.1) is 23.2 Å². The van der Waals surface area contributed by atoms with Crippen molar-refractivity contribution >= 4 is 93.3 Å². The van der Waals surface area contributed by atoms with Crippen LogP contribution in [0.1, 0.15) is 68.9 Å². The first-order valence-corrected chi connectivity index (χ1v) is 16.6. The van der Waals surface area contributed by atoms with Crippen molar-refractivity contribution in [3.63, 3.8) is 0 Å². The third-order valence-electron chi connectivity index (χ3n) is 7.03. The molecule has 49 heavy (non-hydrogen) atoms. The molecule has 1 aliphatic carbocycles. The molecule has 4 rings (SSSR count). The van der Waals surface area contributed by atoms with Crippen LogP contribution in [0.2, 0.25) is 15.1 Å². The number of nitrogens with zero attached hydrogens (tertiary/aromatic N) is 1. The van der Waals surface area contributed by atoms with E-state index in [1.54, 1.807) is 18.2 Å². The van der Waals surface area contributed by atoms with E-state index in [1.165, 1.54) is 59.7 Å². The molecule has 3 aromatic carbocycles. The summed E-state index contributed by atoms with van der Waals surface area (Å²) in [6.07, 6.45) is -3.28. The highest BCUT2D eigenvalue weighted by Crippen LogP contribution is 2.65. The number of alkyl halides is 2. The minimum Gasteiger partial charge on any atom is -0.443 e. The SMILES string of the molecule is CC(C)(C)OC(=O)N(C(=O)OC(C)(C)C)c1cc(F)c(CC(=O)c2cc(NC(=O)[C@H]3C(c4ccc(Cl)c(Cl)c4)C3(Cl)Cl)ccc2Cl)cc1F. The fourth-order valence-electron chi connectivity index (χ4n) is 4.85. The Morgan fingerprint density at radius 3 is 1.92 bits per heavy atom. The molecule has 262 valence electrons. The Morgan fingerprint density at radius 1 is 0.796 bits per heavy atom. The Bertz CT molecular complexity index is 1810. The number of hydrogen-bond acceptors (Lipinski definition) is 6. The quantitative estimate of drug-likeness (QED) is 0.189. The van der Waals surface area contributed by atoms with Crippen LogP contribution in [0, 0.1) is 17.6 Å². The molecule has 0 aliphatic heterocycles. The van der Waals surface area contributed by atoms with Crippen molar-refractivity contribution in [3.8, 4) is 0 Å². The number of carbonyl (C=O) groups is 4. The number of imide groups is 1. The fourth-order valence-corrected chi connectivity index (χ4v) is 6.21. The molecule has 0 spiro atoms. The molecular formula is C34H31Cl5F2N2O6. The van der Waals surface area contributed by atoms with Crippen molar-refractivity contribution in [1.82, 2.24) is 0 Å². The molecule has 0 aromatic heterocycles. The lowest BCUT2D eigenvalue weighted by Crippen LogP contribution is -2.44. The van der Waals surface area contributed by atoms with E-state index >= 15 is 8.78 Å². The maximum absolute atomic E-state index is 15.5. The highest BCUT2D eigenvalue weighted by atomic mass is 35.5. The number of ketones is 1. The van der Waals surface area contributed by atoms with Gasteiger partial charge in [0, 0.05) is 29.7 Å². The molecule has 1 saturated carbocycles. The summed E-state index contributed by atoms with van der Waals surface area (Å²) in [4.78, 5) is 52.6. The minimum atomic E-state index is -1.44. The summed E-state index contributed by atoms with van der Waals surface area (Å²) in [6.45, 7) is 9.16. The lowest BCUT2D eigenvalue weighted by molar-refractivity contribution is -0.117. The van der Waals surface area contributed by atoms with Crippen molar-refractivity contribution in [2.45, 2.75) is 69.4 Å². The average molecular weight is 779 g/mol. The first kappa shape index (κ1) is 38.6. The van der Waals surface area contributed by atoms with Gasteiger partial charge in [-0.3, -0.25) is 9.59 Å². The Labute approximate surface area is 306 Å². The van der Waals surface area contributed by atoms with Gasteiger partial charge >= 0.3 is 12.2 Å². The summed E-state index contributed by atoms with van der Waals surface area (Å²) in [5.74, 6) is -5.07. The molecule has 1 fully saturated rings. The number of carbonyl (C=O) groups excluding carboxylic acids is 4. The summed E-state index contributed by atoms with van der Waals surface area (Å²) in [7, 11) is 0. The van der Waals surface area contributed by atoms with Crippen LogP contribution < -0.4 is 10.2 Å². The fraction of sp³-hybridized carbons (Fsp3) is 0.353. The topological polar surface area (TPSA) is 102 Å². The van der Waals surface area contributed by atoms with Crippen LogP contribution in [0.25, 0.3) is 0 Å². The summed E-state index contributed by atoms with van der Waals surface area (Å²) in [6, 6.07) is 10.1. The van der Waals surface area contributed by atoms with Gasteiger partial charge in [0.1, 0.15) is 27.2 Å². The Kier molecular flexibility index (Phi) is 11.2. The average Bonchev–Trinajstić information content (AvgIpc) is 3.53. The summed E-state index contributed by atoms with van der Waals surface area (Å²) in [5, 5.41) is 3.23. The first-order valence-electron chi connectivity index (χ1n) is 14.7. The Morgan fingerprint density at radius 2 is 1.37 bits per heavy atom. The monoisotopic (exact) mass is 776 g/mol. The van der Waals surface area contributed by atoms with E-state index in [2.05, 4.69) is 5.32 Å². The number of hydrogen-bond donors (Lipinski definition) is 1. The second kappa shape index (κ2) is 14.2. The van der Waals surface area contributed by atoms with Crippen molar-refractivity contribution in [3.05, 3.63) is 91.9 Å². The second-order valence-electron chi connectivity index (χ2n) is 13.3. The number of halogens is 7. The normalized spacial score (nSPS) is 16.8. The van der Waals surface area contributed by atoms with Gasteiger partial charge in [0.15, 0.2) is 5.78 Å². The molecule has 8 nitrogen and oxygen atoms in total. The van der Waals surface area contributed by atoms with Crippen LogP contribution in [-0.4, -0.2) is 39.4 Å². The molecule has 3 amide bonds. The van der Waals surface area contributed by atoms with Crippen molar-refractivity contribution in [2.24, 2.45) is 5.92 Å². The second-order valence-corrected chi connectivity index (χ2v) is 15.9. The maximum Gasteiger partial charge on any atom is 0.424 e. The van der Waals surface area contributed by atoms with E-state index in [9.17, 15) is 19.2 Å². The molecule has 1 N–H and O–H groups in total. The molecule has 0 heterocycles. The predicted octanol–water partition coefficient (Wildman–Crippen LogP) is 10.6. The van der Waals surface area contributed by atoms with E-state index in [0.29, 0.717) is 22.7 Å². The minimum absolute atomic E-state index is 0.0225. The van der Waals surface area contributed by atoms with Crippen LogP contribution in [0.5, 0.6) is 0 Å². The van der Waals surface area contributed by atoms with E-state index < -0.39 is 80.6 Å². The van der Waals surface area contributed by atoms with Crippen LogP contribution >= 0.6 is 58.0 Å². The smallest absolute Gasteiger partial charge is 0.424 e. The van der Waals surface area contributed by atoms with Gasteiger partial charge in [-0.2, -0.15) is 4.90 Å². The number of rotatable bonds is 7. The standard InChI is InChI=1S/C34H31Cl5F2N2O6/c1-32(2,3)48-30(46)43(31(47)49-33(4,5)6)25-15-23(40)17(12-24(25)41)13-26(44)19-14-18(8-10-20(19)35)42-29(45)28-27(34(28,38)39)16-7-9-21(36)22(37)11-16/h7-12,14-15,27-28H,13H2,1-6H3,(H,42,45)/t27?,28-/m1/s1. The highest BCUT2D eigenvalue weighted by molar-refractivity contribution is 6.53. The first-order chi connectivity index (χ1) is 22.5. The zero-order valence-electron chi connectivity index (χ0n) is 27.0. The molecule has 15 heteroatoms. The summed E-state index contributed by atoms with van der Waals surface area (Å²) in [5.41, 5.74) is -2.70. The lowest BCUT2D eigenvalue weighted by atomic mass is 10.0. The van der Waals surface area contributed by atoms with Crippen molar-refractivity contribution < 1.29 is 37.4 Å². The molecule has 3 aromatic rings. The van der Waals surface area contributed by atoms with Crippen LogP contribution in [0.3, 0.4) is 0 Å². The molecule has 1 unspecified atom stereocenters. The number of benzene rings is 3. The third-order valence-corrected chi connectivity index (χ3v) is 9.04. The van der Waals surface area contributed by atoms with Crippen molar-refractivity contribution in [1.29, 1.82) is 0 Å². The zero-order chi connectivity index (χ0) is 36.8. The summed E-state index contributed by atoms with van der Waals surface area (Å²) < 4.78 is 40.0. The number of ether oxygens (including phenoxy) is 2. The Balaban J connectivity index is 1.55. The van der Waals surface area contributed by atoms with Gasteiger partial charge in [0.05, 0.1) is 26.7 Å². The molecule has 1 aliphatic rings. The summed E-state index contributed by atoms with van der Waals surface area (Å²) >= 11 is 31.3. The number of Topliss-reactive ketones (excluding diaryl/α,β-unsaturated/α-hetero) is 1. The third kappa shape index (κ3) is 9.15. The van der Waals surface area contributed by atoms with E-state index in [1.807, 2.05) is 0 Å². The van der Waals surface area contributed by atoms with Gasteiger partial charge in [-0.1, -0.05) is 40.9 Å². The van der Waals surface area contributed by atoms with Crippen LogP contribution in [-0.2, 0) is 20.7 Å². The van der Waals surface area contributed by atoms with E-state index in [-0.39, 0.29) is 26.2 Å². The van der Waals surface area contributed by atoms with Gasteiger partial charge in [0.25, 0.3) is 0 Å². The number of nitrogens with one attached hydrogen (secondary N) is 1. The predicted molar refractivity (Wildman–Crippen MR) is 187 cm³/mol. The van der Waals surface area contributed by atoms with E-state index in [4.69, 9.17) is 67.5 Å². The van der Waals surface area contributed by atoms with Gasteiger partial charge < -0.3 is 14.8 Å². The molecule has 0 radical (unpaired) electrons. The number of anilines is 2. The molecular weight excluding hydrogens is 748 g/mol. The van der Waals surface area contributed by atoms with Gasteiger partial charge in [0.2, 0.25) is 5.91 Å². The highest BCUT2D eigenvalue weighted by Gasteiger charge is 2.67. The Hall–Kier alpha value is -3.15. The van der Waals surface area contributed by atoms with Crippen molar-refractivity contribution in [2.75, 3.05) is 10.2 Å². The lowest BCUT2D eigenvalue weighted by Gasteiger charge is -2.29. The zero-order valence-corrected chi connectivity index (χ0v) is 30.8. The van der Waals surface area contributed by atoms with Gasteiger partial charge in [-0.05, 0) is 89.1 Å². The molecule has 2 atom stereocenters. The molecule has 0 saturated heterocycles. The van der Waals surface area contributed by atoms with Crippen LogP contribution in [0.4, 0.5) is 29.7 Å². The van der Waals surface area contributed by atoms with Crippen LogP contribution in [0.15, 0.2) is 48.5 Å². The number of amides is 3. The van der Waals surface area contributed by atoms with Gasteiger partial charge in [-0.25, -0.2) is 18.4 Å².